The largest absolute Gasteiger partial charge is 0.396 e. The molecule has 0 aliphatic rings. The molecule has 0 aromatic carbocycles. The minimum absolute atomic E-state index is 0.106. The van der Waals surface area contributed by atoms with Gasteiger partial charge in [0.05, 0.1) is 5.75 Å². The molecule has 0 fully saturated rings. The van der Waals surface area contributed by atoms with E-state index in [4.69, 9.17) is 5.11 Å². The SMILES string of the molecule is CC(C)C(CO)CS(=O)(=O)N=CN(C)C. The highest BCUT2D eigenvalue weighted by molar-refractivity contribution is 7.90. The number of aliphatic hydroxyl groups excluding tert-OH is 1. The topological polar surface area (TPSA) is 70.0 Å². The summed E-state index contributed by atoms with van der Waals surface area (Å²) in [6.07, 6.45) is 1.25. The zero-order chi connectivity index (χ0) is 12.1. The van der Waals surface area contributed by atoms with Crippen molar-refractivity contribution < 1.29 is 13.5 Å². The fourth-order valence-electron chi connectivity index (χ4n) is 0.936. The molecular weight excluding hydrogens is 216 g/mol. The number of nitrogens with zero attached hydrogens (tertiary/aromatic N) is 2. The monoisotopic (exact) mass is 236 g/mol. The van der Waals surface area contributed by atoms with Crippen LogP contribution in [-0.2, 0) is 10.0 Å². The van der Waals surface area contributed by atoms with E-state index in [1.165, 1.54) is 6.34 Å². The van der Waals surface area contributed by atoms with Gasteiger partial charge >= 0.3 is 0 Å². The Morgan fingerprint density at radius 2 is 1.93 bits per heavy atom. The molecule has 1 unspecified atom stereocenters. The molecule has 1 N–H and O–H groups in total. The highest BCUT2D eigenvalue weighted by Crippen LogP contribution is 2.13. The van der Waals surface area contributed by atoms with Crippen molar-refractivity contribution in [3.05, 3.63) is 0 Å². The molecule has 0 aromatic rings. The van der Waals surface area contributed by atoms with Crippen LogP contribution in [0.5, 0.6) is 0 Å². The highest BCUT2D eigenvalue weighted by Gasteiger charge is 2.20. The molecule has 0 heterocycles. The molecule has 5 nitrogen and oxygen atoms in total. The minimum atomic E-state index is -3.47. The van der Waals surface area contributed by atoms with Gasteiger partial charge in [0, 0.05) is 26.6 Å². The molecule has 0 radical (unpaired) electrons. The smallest absolute Gasteiger partial charge is 0.254 e. The summed E-state index contributed by atoms with van der Waals surface area (Å²) in [6, 6.07) is 0. The molecule has 0 saturated carbocycles. The van der Waals surface area contributed by atoms with Crippen LogP contribution in [0.2, 0.25) is 0 Å². The average molecular weight is 236 g/mol. The molecule has 15 heavy (non-hydrogen) atoms. The Balaban J connectivity index is 4.49. The van der Waals surface area contributed by atoms with E-state index in [-0.39, 0.29) is 24.2 Å². The molecule has 0 amide bonds. The van der Waals surface area contributed by atoms with E-state index in [1.807, 2.05) is 13.8 Å². The van der Waals surface area contributed by atoms with E-state index >= 15 is 0 Å². The first kappa shape index (κ1) is 14.4. The van der Waals surface area contributed by atoms with Gasteiger partial charge in [-0.1, -0.05) is 13.8 Å². The number of hydrogen-bond acceptors (Lipinski definition) is 3. The van der Waals surface area contributed by atoms with Crippen LogP contribution in [-0.4, -0.2) is 51.2 Å². The molecule has 6 heteroatoms. The van der Waals surface area contributed by atoms with Gasteiger partial charge in [-0.15, -0.1) is 0 Å². The van der Waals surface area contributed by atoms with E-state index in [0.29, 0.717) is 0 Å². The van der Waals surface area contributed by atoms with Crippen LogP contribution in [0.4, 0.5) is 0 Å². The Morgan fingerprint density at radius 1 is 1.40 bits per heavy atom. The predicted octanol–water partition coefficient (Wildman–Crippen LogP) is 0.171. The van der Waals surface area contributed by atoms with Gasteiger partial charge in [0.1, 0.15) is 6.34 Å². The number of rotatable bonds is 6. The predicted molar refractivity (Wildman–Crippen MR) is 61.4 cm³/mol. The summed E-state index contributed by atoms with van der Waals surface area (Å²) in [5, 5.41) is 9.01. The molecule has 0 bridgehead atoms. The van der Waals surface area contributed by atoms with Crippen LogP contribution in [0.15, 0.2) is 4.40 Å². The zero-order valence-corrected chi connectivity index (χ0v) is 10.5. The molecule has 0 rings (SSSR count). The lowest BCUT2D eigenvalue weighted by Gasteiger charge is -2.16. The summed E-state index contributed by atoms with van der Waals surface area (Å²) >= 11 is 0. The van der Waals surface area contributed by atoms with Crippen LogP contribution in [0.1, 0.15) is 13.8 Å². The summed E-state index contributed by atoms with van der Waals surface area (Å²) in [6.45, 7) is 3.63. The van der Waals surface area contributed by atoms with Crippen LogP contribution in [0, 0.1) is 11.8 Å². The number of aliphatic hydroxyl groups is 1. The lowest BCUT2D eigenvalue weighted by atomic mass is 9.99. The Kier molecular flexibility index (Phi) is 5.82. The second kappa shape index (κ2) is 6.07. The van der Waals surface area contributed by atoms with Gasteiger partial charge in [0.2, 0.25) is 0 Å². The van der Waals surface area contributed by atoms with E-state index in [2.05, 4.69) is 4.40 Å². The third-order valence-electron chi connectivity index (χ3n) is 2.04. The quantitative estimate of drug-likeness (QED) is 0.527. The Bertz CT molecular complexity index is 296. The van der Waals surface area contributed by atoms with E-state index in [1.54, 1.807) is 19.0 Å². The fourth-order valence-corrected chi connectivity index (χ4v) is 2.39. The molecule has 90 valence electrons. The Morgan fingerprint density at radius 3 is 2.27 bits per heavy atom. The third-order valence-corrected chi connectivity index (χ3v) is 3.31. The summed E-state index contributed by atoms with van der Waals surface area (Å²) in [5.41, 5.74) is 0. The lowest BCUT2D eigenvalue weighted by Crippen LogP contribution is -2.23. The van der Waals surface area contributed by atoms with Crippen molar-refractivity contribution in [2.24, 2.45) is 16.2 Å². The molecular formula is C9H20N2O3S. The summed E-state index contributed by atoms with van der Waals surface area (Å²) < 4.78 is 26.4. The highest BCUT2D eigenvalue weighted by atomic mass is 32.2. The maximum atomic E-state index is 11.5. The van der Waals surface area contributed by atoms with Gasteiger partial charge in [-0.2, -0.15) is 4.40 Å². The molecule has 0 spiro atoms. The van der Waals surface area contributed by atoms with Crippen LogP contribution in [0.25, 0.3) is 0 Å². The van der Waals surface area contributed by atoms with Crippen molar-refractivity contribution in [2.45, 2.75) is 13.8 Å². The van der Waals surface area contributed by atoms with Crippen molar-refractivity contribution in [1.82, 2.24) is 4.90 Å². The summed E-state index contributed by atoms with van der Waals surface area (Å²) in [5.74, 6) is -0.237. The minimum Gasteiger partial charge on any atom is -0.396 e. The average Bonchev–Trinajstić information content (AvgIpc) is 2.11. The van der Waals surface area contributed by atoms with Gasteiger partial charge in [-0.25, -0.2) is 8.42 Å². The van der Waals surface area contributed by atoms with Gasteiger partial charge in [0.15, 0.2) is 0 Å². The number of sulfonamides is 1. The van der Waals surface area contributed by atoms with Crippen LogP contribution >= 0.6 is 0 Å². The maximum Gasteiger partial charge on any atom is 0.254 e. The van der Waals surface area contributed by atoms with Gasteiger partial charge in [0.25, 0.3) is 10.0 Å². The fraction of sp³-hybridized carbons (Fsp3) is 0.889. The maximum absolute atomic E-state index is 11.5. The summed E-state index contributed by atoms with van der Waals surface area (Å²) in [7, 11) is -0.0664. The number of hydrogen-bond donors (Lipinski definition) is 1. The molecule has 1 atom stereocenters. The van der Waals surface area contributed by atoms with E-state index < -0.39 is 10.0 Å². The Labute approximate surface area is 91.9 Å². The van der Waals surface area contributed by atoms with Crippen molar-refractivity contribution >= 4 is 16.4 Å². The Hall–Kier alpha value is -0.620. The van der Waals surface area contributed by atoms with E-state index in [0.717, 1.165) is 0 Å². The second-order valence-corrected chi connectivity index (χ2v) is 5.83. The van der Waals surface area contributed by atoms with Crippen LogP contribution in [0.3, 0.4) is 0 Å². The second-order valence-electron chi connectivity index (χ2n) is 4.12. The van der Waals surface area contributed by atoms with Gasteiger partial charge < -0.3 is 10.0 Å². The van der Waals surface area contributed by atoms with E-state index in [9.17, 15) is 8.42 Å². The third kappa shape index (κ3) is 6.46. The molecule has 0 saturated heterocycles. The van der Waals surface area contributed by atoms with Crippen molar-refractivity contribution in [3.8, 4) is 0 Å². The normalized spacial score (nSPS) is 14.8. The molecule has 0 aliphatic heterocycles. The van der Waals surface area contributed by atoms with Crippen molar-refractivity contribution in [2.75, 3.05) is 26.5 Å². The standard InChI is InChI=1S/C9H20N2O3S/c1-8(2)9(5-12)6-15(13,14)10-7-11(3)4/h7-9,12H,5-6H2,1-4H3. The van der Waals surface area contributed by atoms with Crippen molar-refractivity contribution in [3.63, 3.8) is 0 Å². The molecule has 0 aromatic heterocycles. The van der Waals surface area contributed by atoms with Gasteiger partial charge in [-0.05, 0) is 5.92 Å². The van der Waals surface area contributed by atoms with Crippen molar-refractivity contribution in [1.29, 1.82) is 0 Å². The zero-order valence-electron chi connectivity index (χ0n) is 9.71. The first-order valence-electron chi connectivity index (χ1n) is 4.84. The molecule has 0 aliphatic carbocycles. The lowest BCUT2D eigenvalue weighted by molar-refractivity contribution is 0.204. The van der Waals surface area contributed by atoms with Crippen LogP contribution < -0.4 is 0 Å². The first-order chi connectivity index (χ1) is 6.78. The van der Waals surface area contributed by atoms with Gasteiger partial charge in [-0.3, -0.25) is 0 Å². The summed E-state index contributed by atoms with van der Waals surface area (Å²) in [4.78, 5) is 1.56. The first-order valence-corrected chi connectivity index (χ1v) is 6.45.